The van der Waals surface area contributed by atoms with E-state index in [4.69, 9.17) is 4.43 Å². The van der Waals surface area contributed by atoms with Crippen LogP contribution in [0.25, 0.3) is 0 Å². The van der Waals surface area contributed by atoms with Gasteiger partial charge in [0.25, 0.3) is 0 Å². The number of hydrogen-bond acceptors (Lipinski definition) is 1. The van der Waals surface area contributed by atoms with Crippen molar-refractivity contribution in [3.05, 3.63) is 34.9 Å². The molecule has 0 heterocycles. The van der Waals surface area contributed by atoms with Crippen LogP contribution in [-0.2, 0) is 10.8 Å². The number of rotatable bonds is 6. The second-order valence-electron chi connectivity index (χ2n) is 5.41. The molecular formula is C15H26OSi. The number of benzene rings is 1. The van der Waals surface area contributed by atoms with Crippen molar-refractivity contribution in [1.29, 1.82) is 0 Å². The van der Waals surface area contributed by atoms with Gasteiger partial charge in [0.2, 0.25) is 0 Å². The van der Waals surface area contributed by atoms with Crippen LogP contribution in [0.2, 0.25) is 19.1 Å². The van der Waals surface area contributed by atoms with Gasteiger partial charge in [-0.3, -0.25) is 0 Å². The van der Waals surface area contributed by atoms with Crippen molar-refractivity contribution < 1.29 is 4.43 Å². The zero-order valence-electron chi connectivity index (χ0n) is 12.0. The monoisotopic (exact) mass is 250 g/mol. The van der Waals surface area contributed by atoms with E-state index < -0.39 is 8.32 Å². The van der Waals surface area contributed by atoms with Crippen LogP contribution in [0.3, 0.4) is 0 Å². The molecule has 0 aromatic heterocycles. The third kappa shape index (κ3) is 4.64. The van der Waals surface area contributed by atoms with Gasteiger partial charge in [-0.25, -0.2) is 0 Å². The highest BCUT2D eigenvalue weighted by Gasteiger charge is 2.20. The Labute approximate surface area is 107 Å². The lowest BCUT2D eigenvalue weighted by molar-refractivity contribution is 0.328. The highest BCUT2D eigenvalue weighted by Crippen LogP contribution is 2.19. The minimum atomic E-state index is -1.39. The predicted molar refractivity (Wildman–Crippen MR) is 78.2 cm³/mol. The van der Waals surface area contributed by atoms with Gasteiger partial charge in [-0.05, 0) is 69.4 Å². The third-order valence-electron chi connectivity index (χ3n) is 3.48. The average molecular weight is 250 g/mol. The number of aryl methyl sites for hydroxylation is 2. The van der Waals surface area contributed by atoms with Crippen molar-refractivity contribution >= 4 is 8.32 Å². The first-order chi connectivity index (χ1) is 7.96. The van der Waals surface area contributed by atoms with Crippen molar-refractivity contribution in [3.8, 4) is 0 Å². The molecular weight excluding hydrogens is 224 g/mol. The molecule has 0 aliphatic carbocycles. The largest absolute Gasteiger partial charge is 0.418 e. The van der Waals surface area contributed by atoms with E-state index >= 15 is 0 Å². The fraction of sp³-hybridized carbons (Fsp3) is 0.600. The van der Waals surface area contributed by atoms with Crippen LogP contribution in [0, 0.1) is 13.8 Å². The Hall–Kier alpha value is -0.603. The molecule has 0 atom stereocenters. The molecule has 1 rings (SSSR count). The van der Waals surface area contributed by atoms with Gasteiger partial charge in [0.05, 0.1) is 0 Å². The maximum atomic E-state index is 5.86. The summed E-state index contributed by atoms with van der Waals surface area (Å²) in [6.07, 6.45) is 2.44. The summed E-state index contributed by atoms with van der Waals surface area (Å²) in [6.45, 7) is 12.0. The van der Waals surface area contributed by atoms with Gasteiger partial charge in [0.1, 0.15) is 0 Å². The first-order valence-corrected chi connectivity index (χ1v) is 9.77. The fourth-order valence-corrected chi connectivity index (χ4v) is 4.20. The molecule has 17 heavy (non-hydrogen) atoms. The zero-order chi connectivity index (χ0) is 12.9. The highest BCUT2D eigenvalue weighted by atomic mass is 28.4. The van der Waals surface area contributed by atoms with E-state index in [2.05, 4.69) is 52.1 Å². The van der Waals surface area contributed by atoms with Crippen LogP contribution >= 0.6 is 0 Å². The van der Waals surface area contributed by atoms with E-state index in [1.807, 2.05) is 0 Å². The van der Waals surface area contributed by atoms with Crippen LogP contribution < -0.4 is 0 Å². The fourth-order valence-electron chi connectivity index (χ4n) is 2.25. The molecule has 0 saturated carbocycles. The Morgan fingerprint density at radius 1 is 1.18 bits per heavy atom. The third-order valence-corrected chi connectivity index (χ3v) is 6.10. The normalized spacial score (nSPS) is 11.8. The summed E-state index contributed by atoms with van der Waals surface area (Å²) >= 11 is 0. The van der Waals surface area contributed by atoms with E-state index in [9.17, 15) is 0 Å². The molecule has 0 bridgehead atoms. The van der Waals surface area contributed by atoms with Crippen LogP contribution in [0.4, 0.5) is 0 Å². The van der Waals surface area contributed by atoms with Crippen molar-refractivity contribution in [2.75, 3.05) is 6.61 Å². The smallest absolute Gasteiger partial charge is 0.186 e. The zero-order valence-corrected chi connectivity index (χ0v) is 13.0. The summed E-state index contributed by atoms with van der Waals surface area (Å²) in [7, 11) is -1.39. The SMILES string of the molecule is CCO[Si](C)(C)CCCc1cccc(C)c1C. The van der Waals surface area contributed by atoms with E-state index in [0.29, 0.717) is 0 Å². The average Bonchev–Trinajstić information content (AvgIpc) is 2.24. The lowest BCUT2D eigenvalue weighted by atomic mass is 10.0. The first-order valence-electron chi connectivity index (χ1n) is 6.65. The molecule has 1 aromatic carbocycles. The molecule has 1 nitrogen and oxygen atoms in total. The Balaban J connectivity index is 2.49. The van der Waals surface area contributed by atoms with Crippen molar-refractivity contribution in [2.24, 2.45) is 0 Å². The van der Waals surface area contributed by atoms with Gasteiger partial charge in [0, 0.05) is 6.61 Å². The molecule has 0 amide bonds. The minimum absolute atomic E-state index is 0.864. The molecule has 0 unspecified atom stereocenters. The van der Waals surface area contributed by atoms with E-state index in [1.54, 1.807) is 0 Å². The predicted octanol–water partition coefficient (Wildman–Crippen LogP) is 4.48. The van der Waals surface area contributed by atoms with Crippen molar-refractivity contribution in [3.63, 3.8) is 0 Å². The Morgan fingerprint density at radius 2 is 1.88 bits per heavy atom. The molecule has 2 heteroatoms. The van der Waals surface area contributed by atoms with Crippen molar-refractivity contribution in [1.82, 2.24) is 0 Å². The molecule has 0 fully saturated rings. The topological polar surface area (TPSA) is 9.23 Å². The standard InChI is InChI=1S/C15H26OSi/c1-6-16-17(4,5)12-8-11-15-10-7-9-13(2)14(15)3/h7,9-10H,6,8,11-12H2,1-5H3. The lowest BCUT2D eigenvalue weighted by Crippen LogP contribution is -2.30. The summed E-state index contributed by atoms with van der Waals surface area (Å²) < 4.78 is 5.86. The van der Waals surface area contributed by atoms with Crippen LogP contribution in [-0.4, -0.2) is 14.9 Å². The van der Waals surface area contributed by atoms with Gasteiger partial charge in [-0.2, -0.15) is 0 Å². The summed E-state index contributed by atoms with van der Waals surface area (Å²) in [4.78, 5) is 0. The van der Waals surface area contributed by atoms with E-state index in [1.165, 1.54) is 35.6 Å². The maximum absolute atomic E-state index is 5.86. The van der Waals surface area contributed by atoms with Gasteiger partial charge >= 0.3 is 0 Å². The molecule has 0 N–H and O–H groups in total. The summed E-state index contributed by atoms with van der Waals surface area (Å²) in [5.74, 6) is 0. The van der Waals surface area contributed by atoms with Crippen LogP contribution in [0.5, 0.6) is 0 Å². The van der Waals surface area contributed by atoms with Crippen LogP contribution in [0.15, 0.2) is 18.2 Å². The molecule has 96 valence electrons. The quantitative estimate of drug-likeness (QED) is 0.677. The summed E-state index contributed by atoms with van der Waals surface area (Å²) in [5.41, 5.74) is 4.37. The molecule has 0 aliphatic rings. The molecule has 0 spiro atoms. The van der Waals surface area contributed by atoms with E-state index in [0.717, 1.165) is 6.61 Å². The van der Waals surface area contributed by atoms with Crippen LogP contribution in [0.1, 0.15) is 30.0 Å². The molecule has 0 radical (unpaired) electrons. The van der Waals surface area contributed by atoms with Gasteiger partial charge in [-0.1, -0.05) is 18.2 Å². The summed E-state index contributed by atoms with van der Waals surface area (Å²) in [5, 5.41) is 0. The Morgan fingerprint density at radius 3 is 2.53 bits per heavy atom. The lowest BCUT2D eigenvalue weighted by Gasteiger charge is -2.22. The molecule has 0 saturated heterocycles. The molecule has 1 aromatic rings. The van der Waals surface area contributed by atoms with Crippen molar-refractivity contribution in [2.45, 2.75) is 52.8 Å². The van der Waals surface area contributed by atoms with Gasteiger partial charge in [0.15, 0.2) is 8.32 Å². The minimum Gasteiger partial charge on any atom is -0.418 e. The Bertz CT molecular complexity index is 358. The highest BCUT2D eigenvalue weighted by molar-refractivity contribution is 6.71. The van der Waals surface area contributed by atoms with Gasteiger partial charge < -0.3 is 4.43 Å². The molecule has 0 aliphatic heterocycles. The Kier molecular flexibility index (Phi) is 5.41. The maximum Gasteiger partial charge on any atom is 0.186 e. The number of hydrogen-bond donors (Lipinski definition) is 0. The van der Waals surface area contributed by atoms with Gasteiger partial charge in [-0.15, -0.1) is 0 Å². The second-order valence-corrected chi connectivity index (χ2v) is 9.71. The second kappa shape index (κ2) is 6.36. The summed E-state index contributed by atoms with van der Waals surface area (Å²) in [6, 6.07) is 7.88. The van der Waals surface area contributed by atoms with E-state index in [-0.39, 0.29) is 0 Å². The first kappa shape index (κ1) is 14.5.